The Kier molecular flexibility index (Phi) is 3.97. The second kappa shape index (κ2) is 5.17. The predicted octanol–water partition coefficient (Wildman–Crippen LogP) is 1.06. The monoisotopic (exact) mass is 253 g/mol. The molecule has 0 aromatic heterocycles. The summed E-state index contributed by atoms with van der Waals surface area (Å²) in [7, 11) is 0. The summed E-state index contributed by atoms with van der Waals surface area (Å²) in [6.07, 6.45) is 3.84. The molecule has 0 aliphatic carbocycles. The topological polar surface area (TPSA) is 49.6 Å². The maximum Gasteiger partial charge on any atom is 0.240 e. The molecule has 2 fully saturated rings. The summed E-state index contributed by atoms with van der Waals surface area (Å²) >= 11 is 0. The molecule has 2 aliphatic rings. The summed E-state index contributed by atoms with van der Waals surface area (Å²) in [5.74, 6) is 0.132. The lowest BCUT2D eigenvalue weighted by atomic mass is 9.86. The highest BCUT2D eigenvalue weighted by atomic mass is 16.2. The number of amides is 1. The standard InChI is InChI=1S/C14H27N3O/c1-14(2,3)12(15)13(18)17-9-8-16-7-5-4-6-11(16)10-17/h11-12H,4-10,15H2,1-3H3. The SMILES string of the molecule is CC(C)(C)C(N)C(=O)N1CCN2CCCCC2C1. The first-order chi connectivity index (χ1) is 8.39. The minimum absolute atomic E-state index is 0.132. The van der Waals surface area contributed by atoms with E-state index in [1.165, 1.54) is 25.8 Å². The Bertz CT molecular complexity index is 311. The van der Waals surface area contributed by atoms with Crippen LogP contribution in [-0.4, -0.2) is 54.0 Å². The van der Waals surface area contributed by atoms with E-state index in [1.54, 1.807) is 0 Å². The van der Waals surface area contributed by atoms with Gasteiger partial charge in [0.1, 0.15) is 0 Å². The summed E-state index contributed by atoms with van der Waals surface area (Å²) in [5.41, 5.74) is 5.94. The molecule has 18 heavy (non-hydrogen) atoms. The third-order valence-corrected chi connectivity index (χ3v) is 4.35. The Morgan fingerprint density at radius 3 is 2.61 bits per heavy atom. The van der Waals surface area contributed by atoms with Crippen LogP contribution in [0.2, 0.25) is 0 Å². The highest BCUT2D eigenvalue weighted by molar-refractivity contribution is 5.82. The lowest BCUT2D eigenvalue weighted by Gasteiger charge is -2.45. The van der Waals surface area contributed by atoms with Crippen LogP contribution in [0.5, 0.6) is 0 Å². The van der Waals surface area contributed by atoms with Gasteiger partial charge in [-0.25, -0.2) is 0 Å². The molecule has 1 amide bonds. The maximum atomic E-state index is 12.4. The summed E-state index contributed by atoms with van der Waals surface area (Å²) < 4.78 is 0. The molecule has 2 saturated heterocycles. The van der Waals surface area contributed by atoms with Crippen molar-refractivity contribution in [2.75, 3.05) is 26.2 Å². The van der Waals surface area contributed by atoms with Gasteiger partial charge in [-0.1, -0.05) is 27.2 Å². The highest BCUT2D eigenvalue weighted by Crippen LogP contribution is 2.24. The zero-order valence-electron chi connectivity index (χ0n) is 12.0. The fourth-order valence-electron chi connectivity index (χ4n) is 2.92. The molecular weight excluding hydrogens is 226 g/mol. The first-order valence-electron chi connectivity index (χ1n) is 7.18. The van der Waals surface area contributed by atoms with Crippen LogP contribution in [0.3, 0.4) is 0 Å². The molecule has 2 heterocycles. The molecule has 4 heteroatoms. The zero-order chi connectivity index (χ0) is 13.3. The predicted molar refractivity (Wildman–Crippen MR) is 73.2 cm³/mol. The van der Waals surface area contributed by atoms with E-state index in [-0.39, 0.29) is 17.4 Å². The third-order valence-electron chi connectivity index (χ3n) is 4.35. The lowest BCUT2D eigenvalue weighted by molar-refractivity contribution is -0.138. The van der Waals surface area contributed by atoms with E-state index in [9.17, 15) is 4.79 Å². The fourth-order valence-corrected chi connectivity index (χ4v) is 2.92. The number of carbonyl (C=O) groups is 1. The highest BCUT2D eigenvalue weighted by Gasteiger charge is 2.36. The number of piperazine rings is 1. The van der Waals surface area contributed by atoms with Crippen molar-refractivity contribution in [1.29, 1.82) is 0 Å². The van der Waals surface area contributed by atoms with Crippen LogP contribution in [0.4, 0.5) is 0 Å². The van der Waals surface area contributed by atoms with Gasteiger partial charge in [0.15, 0.2) is 0 Å². The molecule has 2 atom stereocenters. The smallest absolute Gasteiger partial charge is 0.240 e. The van der Waals surface area contributed by atoms with Crippen molar-refractivity contribution in [3.63, 3.8) is 0 Å². The van der Waals surface area contributed by atoms with Crippen LogP contribution in [0.15, 0.2) is 0 Å². The summed E-state index contributed by atoms with van der Waals surface area (Å²) in [6, 6.07) is 0.191. The quantitative estimate of drug-likeness (QED) is 0.760. The van der Waals surface area contributed by atoms with E-state index in [2.05, 4.69) is 4.90 Å². The number of piperidine rings is 1. The van der Waals surface area contributed by atoms with Crippen LogP contribution in [0.25, 0.3) is 0 Å². The van der Waals surface area contributed by atoms with Crippen molar-refractivity contribution in [3.8, 4) is 0 Å². The molecule has 0 bridgehead atoms. The van der Waals surface area contributed by atoms with E-state index >= 15 is 0 Å². The van der Waals surface area contributed by atoms with Gasteiger partial charge in [0.25, 0.3) is 0 Å². The molecule has 2 N–H and O–H groups in total. The number of nitrogens with two attached hydrogens (primary N) is 1. The van der Waals surface area contributed by atoms with Crippen molar-refractivity contribution < 1.29 is 4.79 Å². The molecule has 104 valence electrons. The van der Waals surface area contributed by atoms with Crippen LogP contribution in [-0.2, 0) is 4.79 Å². The Hall–Kier alpha value is -0.610. The van der Waals surface area contributed by atoms with E-state index in [1.807, 2.05) is 25.7 Å². The average molecular weight is 253 g/mol. The van der Waals surface area contributed by atoms with Gasteiger partial charge in [-0.2, -0.15) is 0 Å². The summed E-state index contributed by atoms with van der Waals surface area (Å²) in [5, 5.41) is 0. The number of hydrogen-bond acceptors (Lipinski definition) is 3. The molecule has 2 unspecified atom stereocenters. The van der Waals surface area contributed by atoms with Crippen LogP contribution in [0.1, 0.15) is 40.0 Å². The normalized spacial score (nSPS) is 27.8. The van der Waals surface area contributed by atoms with E-state index in [0.717, 1.165) is 19.6 Å². The Morgan fingerprint density at radius 2 is 1.94 bits per heavy atom. The van der Waals surface area contributed by atoms with E-state index in [0.29, 0.717) is 6.04 Å². The number of fused-ring (bicyclic) bond motifs is 1. The lowest BCUT2D eigenvalue weighted by Crippen LogP contribution is -2.60. The van der Waals surface area contributed by atoms with Gasteiger partial charge in [0, 0.05) is 25.7 Å². The van der Waals surface area contributed by atoms with E-state index < -0.39 is 0 Å². The van der Waals surface area contributed by atoms with Gasteiger partial charge in [-0.3, -0.25) is 9.69 Å². The van der Waals surface area contributed by atoms with Crippen LogP contribution >= 0.6 is 0 Å². The van der Waals surface area contributed by atoms with Gasteiger partial charge < -0.3 is 10.6 Å². The molecule has 0 saturated carbocycles. The largest absolute Gasteiger partial charge is 0.338 e. The Balaban J connectivity index is 1.96. The van der Waals surface area contributed by atoms with Crippen LogP contribution < -0.4 is 5.73 Å². The zero-order valence-corrected chi connectivity index (χ0v) is 12.0. The minimum atomic E-state index is -0.382. The molecule has 2 aliphatic heterocycles. The van der Waals surface area contributed by atoms with Crippen molar-refractivity contribution in [2.24, 2.45) is 11.1 Å². The number of hydrogen-bond donors (Lipinski definition) is 1. The Morgan fingerprint density at radius 1 is 1.22 bits per heavy atom. The number of carbonyl (C=O) groups excluding carboxylic acids is 1. The number of rotatable bonds is 1. The molecule has 2 rings (SSSR count). The fraction of sp³-hybridized carbons (Fsp3) is 0.929. The minimum Gasteiger partial charge on any atom is -0.338 e. The third kappa shape index (κ3) is 2.86. The number of nitrogens with zero attached hydrogens (tertiary/aromatic N) is 2. The average Bonchev–Trinajstić information content (AvgIpc) is 2.35. The maximum absolute atomic E-state index is 12.4. The first-order valence-corrected chi connectivity index (χ1v) is 7.18. The molecular formula is C14H27N3O. The van der Waals surface area contributed by atoms with Gasteiger partial charge in [-0.15, -0.1) is 0 Å². The molecule has 4 nitrogen and oxygen atoms in total. The molecule has 0 aromatic rings. The Labute approximate surface area is 110 Å². The van der Waals surface area contributed by atoms with Crippen molar-refractivity contribution in [2.45, 2.75) is 52.1 Å². The molecule has 0 aromatic carbocycles. The van der Waals surface area contributed by atoms with Gasteiger partial charge >= 0.3 is 0 Å². The second-order valence-corrected chi connectivity index (χ2v) is 6.81. The van der Waals surface area contributed by atoms with Crippen molar-refractivity contribution in [3.05, 3.63) is 0 Å². The van der Waals surface area contributed by atoms with Crippen molar-refractivity contribution in [1.82, 2.24) is 9.80 Å². The second-order valence-electron chi connectivity index (χ2n) is 6.81. The van der Waals surface area contributed by atoms with Gasteiger partial charge in [0.2, 0.25) is 5.91 Å². The van der Waals surface area contributed by atoms with Crippen molar-refractivity contribution >= 4 is 5.91 Å². The summed E-state index contributed by atoms with van der Waals surface area (Å²) in [4.78, 5) is 16.9. The van der Waals surface area contributed by atoms with Gasteiger partial charge in [-0.05, 0) is 24.8 Å². The first kappa shape index (κ1) is 13.8. The molecule has 0 spiro atoms. The van der Waals surface area contributed by atoms with Gasteiger partial charge in [0.05, 0.1) is 6.04 Å². The van der Waals surface area contributed by atoms with Crippen LogP contribution in [0, 0.1) is 5.41 Å². The van der Waals surface area contributed by atoms with E-state index in [4.69, 9.17) is 5.73 Å². The molecule has 0 radical (unpaired) electrons. The summed E-state index contributed by atoms with van der Waals surface area (Å²) in [6.45, 7) is 10.1.